The maximum atomic E-state index is 13.8. The molecule has 3 aromatic carbocycles. The average molecular weight is 873 g/mol. The van der Waals surface area contributed by atoms with Crippen molar-refractivity contribution in [1.29, 1.82) is 0 Å². The Labute approximate surface area is 370 Å². The van der Waals surface area contributed by atoms with Crippen LogP contribution in [0.5, 0.6) is 11.5 Å². The number of anilines is 3. The summed E-state index contributed by atoms with van der Waals surface area (Å²) in [7, 11) is 1.91. The second-order valence-electron chi connectivity index (χ2n) is 16.0. The summed E-state index contributed by atoms with van der Waals surface area (Å²) in [5.74, 6) is 1.35. The van der Waals surface area contributed by atoms with Crippen molar-refractivity contribution in [3.8, 4) is 11.5 Å². The monoisotopic (exact) mass is 872 g/mol. The molecule has 15 heteroatoms. The molecule has 0 aliphatic carbocycles. The second kappa shape index (κ2) is 19.6. The highest BCUT2D eigenvalue weighted by atomic mass is 32.2. The van der Waals surface area contributed by atoms with Gasteiger partial charge in [0.05, 0.1) is 28.7 Å². The van der Waals surface area contributed by atoms with Gasteiger partial charge in [0.2, 0.25) is 0 Å². The predicted molar refractivity (Wildman–Crippen MR) is 247 cm³/mol. The number of aromatic nitrogens is 2. The standard InChI is InChI=1S/C47H52N8O5S2/c1-48-43-25-40(7-9-42(43)50-26-32-11-19-58-20-12-32)62-59-31-52-46(56)41-8-6-37(24-44(41)60-39-23-34-10-14-49-45(34)51-27-39)54-17-15-53(16-18-54)29-38-22-33-4-2-3-5-35(33)28-55(38)47(57)36-13-21-61-30-36/h2-10,13-14,21,23-25,27,30,32,38,48,50H,11-12,15-20,22,26,28-29,31H2,1H3,(H,49,51)(H,52,56)/t38-/m0/s1. The Morgan fingerprint density at radius 2 is 1.82 bits per heavy atom. The van der Waals surface area contributed by atoms with Crippen molar-refractivity contribution in [2.75, 3.05) is 81.8 Å². The summed E-state index contributed by atoms with van der Waals surface area (Å²) in [6.07, 6.45) is 6.48. The van der Waals surface area contributed by atoms with Crippen LogP contribution in [0.15, 0.2) is 107 Å². The molecule has 0 unspecified atom stereocenters. The molecule has 62 heavy (non-hydrogen) atoms. The van der Waals surface area contributed by atoms with Crippen molar-refractivity contribution in [1.82, 2.24) is 25.1 Å². The van der Waals surface area contributed by atoms with E-state index in [1.807, 2.05) is 72.5 Å². The molecule has 6 aromatic rings. The molecule has 0 radical (unpaired) electrons. The lowest BCUT2D eigenvalue weighted by atomic mass is 9.93. The lowest BCUT2D eigenvalue weighted by molar-refractivity contribution is 0.0576. The number of carbonyl (C=O) groups is 2. The summed E-state index contributed by atoms with van der Waals surface area (Å²) < 4.78 is 17.8. The summed E-state index contributed by atoms with van der Waals surface area (Å²) in [5, 5.41) is 14.6. The van der Waals surface area contributed by atoms with Crippen LogP contribution in [0.2, 0.25) is 0 Å². The highest BCUT2D eigenvalue weighted by Gasteiger charge is 2.33. The topological polar surface area (TPSA) is 136 Å². The van der Waals surface area contributed by atoms with Gasteiger partial charge in [-0.15, -0.1) is 0 Å². The maximum absolute atomic E-state index is 13.8. The van der Waals surface area contributed by atoms with Crippen LogP contribution in [0.4, 0.5) is 17.1 Å². The number of ether oxygens (including phenoxy) is 2. The van der Waals surface area contributed by atoms with Crippen molar-refractivity contribution < 1.29 is 23.2 Å². The fraction of sp³-hybridized carbons (Fsp3) is 0.340. The predicted octanol–water partition coefficient (Wildman–Crippen LogP) is 8.10. The fourth-order valence-electron chi connectivity index (χ4n) is 8.54. The highest BCUT2D eigenvalue weighted by molar-refractivity contribution is 7.94. The van der Waals surface area contributed by atoms with E-state index < -0.39 is 0 Å². The number of amides is 2. The minimum Gasteiger partial charge on any atom is -0.455 e. The zero-order chi connectivity index (χ0) is 42.3. The van der Waals surface area contributed by atoms with E-state index in [4.69, 9.17) is 13.7 Å². The third-order valence-electron chi connectivity index (χ3n) is 12.0. The normalized spacial score (nSPS) is 17.1. The Bertz CT molecular complexity index is 2470. The SMILES string of the molecule is CNc1cc(SOCNC(=O)c2ccc(N3CCN(C[C@@H]4Cc5ccccc5CN4C(=O)c4ccsc4)CC3)cc2Oc2cnc3[nH]ccc3c2)ccc1NCC1CCOCC1. The number of fused-ring (bicyclic) bond motifs is 2. The van der Waals surface area contributed by atoms with Gasteiger partial charge >= 0.3 is 0 Å². The van der Waals surface area contributed by atoms with Gasteiger partial charge in [0, 0.05) is 118 Å². The molecular weight excluding hydrogens is 821 g/mol. The van der Waals surface area contributed by atoms with Gasteiger partial charge in [-0.3, -0.25) is 18.7 Å². The number of benzene rings is 3. The molecule has 6 heterocycles. The summed E-state index contributed by atoms with van der Waals surface area (Å²) in [6.45, 7) is 7.23. The number of H-pyrrole nitrogens is 1. The van der Waals surface area contributed by atoms with E-state index in [-0.39, 0.29) is 24.6 Å². The molecule has 2 fully saturated rings. The van der Waals surface area contributed by atoms with Crippen LogP contribution in [0.25, 0.3) is 11.0 Å². The minimum absolute atomic E-state index is 0.00891. The maximum Gasteiger partial charge on any atom is 0.256 e. The van der Waals surface area contributed by atoms with Crippen LogP contribution in [0.3, 0.4) is 0 Å². The number of carbonyl (C=O) groups excluding carboxylic acids is 2. The molecule has 4 N–H and O–H groups in total. The van der Waals surface area contributed by atoms with E-state index in [1.165, 1.54) is 23.2 Å². The van der Waals surface area contributed by atoms with Crippen LogP contribution in [0.1, 0.15) is 44.7 Å². The first-order chi connectivity index (χ1) is 30.5. The highest BCUT2D eigenvalue weighted by Crippen LogP contribution is 2.34. The molecule has 322 valence electrons. The van der Waals surface area contributed by atoms with Crippen molar-refractivity contribution in [2.24, 2.45) is 5.92 Å². The van der Waals surface area contributed by atoms with Gasteiger partial charge < -0.3 is 40.2 Å². The fourth-order valence-corrected chi connectivity index (χ4v) is 9.71. The molecule has 13 nitrogen and oxygen atoms in total. The van der Waals surface area contributed by atoms with Crippen molar-refractivity contribution in [2.45, 2.75) is 36.7 Å². The van der Waals surface area contributed by atoms with Gasteiger partial charge in [0.15, 0.2) is 0 Å². The molecule has 3 aromatic heterocycles. The molecule has 3 aliphatic rings. The molecular formula is C47H52N8O5S2. The van der Waals surface area contributed by atoms with Crippen molar-refractivity contribution >= 4 is 63.3 Å². The second-order valence-corrected chi connectivity index (χ2v) is 17.6. The van der Waals surface area contributed by atoms with Gasteiger partial charge in [-0.05, 0) is 90.2 Å². The Morgan fingerprint density at radius 3 is 2.65 bits per heavy atom. The Hall–Kier alpha value is -5.58. The largest absolute Gasteiger partial charge is 0.455 e. The van der Waals surface area contributed by atoms with E-state index in [0.29, 0.717) is 29.5 Å². The quantitative estimate of drug-likeness (QED) is 0.0453. The third kappa shape index (κ3) is 9.87. The number of rotatable bonds is 15. The zero-order valence-corrected chi connectivity index (χ0v) is 36.4. The summed E-state index contributed by atoms with van der Waals surface area (Å²) in [4.78, 5) is 42.9. The molecule has 0 saturated carbocycles. The number of nitrogens with one attached hydrogen (secondary N) is 4. The number of pyridine rings is 1. The van der Waals surface area contributed by atoms with Crippen LogP contribution in [-0.2, 0) is 21.9 Å². The lowest BCUT2D eigenvalue weighted by Gasteiger charge is -2.42. The van der Waals surface area contributed by atoms with Gasteiger partial charge in [0.1, 0.15) is 23.9 Å². The molecule has 2 saturated heterocycles. The van der Waals surface area contributed by atoms with Crippen molar-refractivity contribution in [3.05, 3.63) is 124 Å². The number of nitrogens with zero attached hydrogens (tertiary/aromatic N) is 4. The summed E-state index contributed by atoms with van der Waals surface area (Å²) >= 11 is 2.76. The number of hydrogen-bond donors (Lipinski definition) is 4. The third-order valence-corrected chi connectivity index (χ3v) is 13.4. The van der Waals surface area contributed by atoms with Gasteiger partial charge in [0.25, 0.3) is 11.8 Å². The number of aromatic amines is 1. The van der Waals surface area contributed by atoms with Crippen LogP contribution in [0, 0.1) is 5.92 Å². The Kier molecular flexibility index (Phi) is 13.2. The summed E-state index contributed by atoms with van der Waals surface area (Å²) in [5.41, 5.74) is 7.44. The summed E-state index contributed by atoms with van der Waals surface area (Å²) in [6, 6.07) is 26.2. The molecule has 9 rings (SSSR count). The van der Waals surface area contributed by atoms with Crippen LogP contribution in [-0.4, -0.2) is 104 Å². The van der Waals surface area contributed by atoms with Gasteiger partial charge in [-0.1, -0.05) is 24.3 Å². The lowest BCUT2D eigenvalue weighted by Crippen LogP contribution is -2.54. The zero-order valence-electron chi connectivity index (χ0n) is 34.8. The molecule has 2 amide bonds. The van der Waals surface area contributed by atoms with E-state index in [2.05, 4.69) is 70.9 Å². The van der Waals surface area contributed by atoms with E-state index in [1.54, 1.807) is 17.5 Å². The van der Waals surface area contributed by atoms with Crippen LogP contribution < -0.4 is 25.6 Å². The Morgan fingerprint density at radius 1 is 0.968 bits per heavy atom. The minimum atomic E-state index is -0.313. The Balaban J connectivity index is 0.839. The van der Waals surface area contributed by atoms with Gasteiger partial charge in [-0.2, -0.15) is 11.3 Å². The molecule has 0 spiro atoms. The number of hydrogen-bond acceptors (Lipinski definition) is 12. The smallest absolute Gasteiger partial charge is 0.256 e. The first-order valence-corrected chi connectivity index (χ1v) is 23.0. The van der Waals surface area contributed by atoms with E-state index >= 15 is 0 Å². The van der Waals surface area contributed by atoms with E-state index in [0.717, 1.165) is 110 Å². The number of thiophene rings is 1. The molecule has 1 atom stereocenters. The first kappa shape index (κ1) is 41.8. The van der Waals surface area contributed by atoms with Gasteiger partial charge in [-0.25, -0.2) is 4.98 Å². The molecule has 3 aliphatic heterocycles. The average Bonchev–Trinajstić information content (AvgIpc) is 4.03. The van der Waals surface area contributed by atoms with Crippen LogP contribution >= 0.6 is 23.4 Å². The van der Waals surface area contributed by atoms with Crippen molar-refractivity contribution in [3.63, 3.8) is 0 Å². The van der Waals surface area contributed by atoms with E-state index in [9.17, 15) is 9.59 Å². The molecule has 0 bridgehead atoms. The first-order valence-electron chi connectivity index (χ1n) is 21.3. The number of piperazine rings is 1.